The molecule has 0 amide bonds. The first-order valence-corrected chi connectivity index (χ1v) is 6.48. The van der Waals surface area contributed by atoms with Crippen LogP contribution < -0.4 is 10.5 Å². The molecule has 1 fully saturated rings. The van der Waals surface area contributed by atoms with Crippen molar-refractivity contribution in [3.8, 4) is 11.5 Å². The summed E-state index contributed by atoms with van der Waals surface area (Å²) in [6.07, 6.45) is 2.11. The second-order valence-corrected chi connectivity index (χ2v) is 4.98. The molecular formula is C14H22N2O2. The smallest absolute Gasteiger partial charge is 0.160 e. The van der Waals surface area contributed by atoms with Gasteiger partial charge in [-0.2, -0.15) is 0 Å². The van der Waals surface area contributed by atoms with Crippen LogP contribution in [-0.4, -0.2) is 36.2 Å². The Kier molecular flexibility index (Phi) is 4.09. The highest BCUT2D eigenvalue weighted by atomic mass is 16.5. The van der Waals surface area contributed by atoms with Gasteiger partial charge in [0.15, 0.2) is 11.5 Å². The van der Waals surface area contributed by atoms with Crippen LogP contribution in [0.5, 0.6) is 11.5 Å². The molecule has 1 atom stereocenters. The Balaban J connectivity index is 2.10. The topological polar surface area (TPSA) is 58.7 Å². The van der Waals surface area contributed by atoms with E-state index in [1.54, 1.807) is 13.2 Å². The lowest BCUT2D eigenvalue weighted by atomic mass is 10.0. The minimum atomic E-state index is 0.189. The molecule has 1 unspecified atom stereocenters. The highest BCUT2D eigenvalue weighted by Gasteiger charge is 2.22. The molecule has 0 radical (unpaired) electrons. The number of hydrogen-bond acceptors (Lipinski definition) is 4. The van der Waals surface area contributed by atoms with Crippen LogP contribution in [0.4, 0.5) is 0 Å². The molecular weight excluding hydrogens is 228 g/mol. The first kappa shape index (κ1) is 13.2. The van der Waals surface area contributed by atoms with Crippen molar-refractivity contribution in [3.05, 3.63) is 23.8 Å². The van der Waals surface area contributed by atoms with Gasteiger partial charge in [-0.25, -0.2) is 0 Å². The molecule has 2 rings (SSSR count). The van der Waals surface area contributed by atoms with Gasteiger partial charge in [-0.15, -0.1) is 0 Å². The first-order chi connectivity index (χ1) is 8.61. The molecule has 0 bridgehead atoms. The third-order valence-corrected chi connectivity index (χ3v) is 3.81. The lowest BCUT2D eigenvalue weighted by Gasteiger charge is -2.35. The van der Waals surface area contributed by atoms with Crippen LogP contribution in [0.15, 0.2) is 18.2 Å². The number of likely N-dealkylation sites (tertiary alicyclic amines) is 1. The van der Waals surface area contributed by atoms with E-state index >= 15 is 0 Å². The minimum Gasteiger partial charge on any atom is -0.504 e. The van der Waals surface area contributed by atoms with Gasteiger partial charge < -0.3 is 15.6 Å². The molecule has 0 aliphatic carbocycles. The molecule has 3 N–H and O–H groups in total. The van der Waals surface area contributed by atoms with Crippen LogP contribution in [0.3, 0.4) is 0 Å². The highest BCUT2D eigenvalue weighted by molar-refractivity contribution is 5.42. The number of nitrogens with zero attached hydrogens (tertiary/aromatic N) is 1. The van der Waals surface area contributed by atoms with Gasteiger partial charge in [0.1, 0.15) is 0 Å². The van der Waals surface area contributed by atoms with Crippen LogP contribution in [-0.2, 0) is 0 Å². The standard InChI is InChI=1S/C14H22N2O2/c1-10(16-7-5-12(15)6-8-16)11-3-4-13(17)14(9-11)18-2/h3-4,9-10,12,17H,5-8,15H2,1-2H3. The Hall–Kier alpha value is -1.26. The maximum atomic E-state index is 9.61. The number of methoxy groups -OCH3 is 1. The quantitative estimate of drug-likeness (QED) is 0.860. The summed E-state index contributed by atoms with van der Waals surface area (Å²) in [7, 11) is 1.57. The number of ether oxygens (including phenoxy) is 1. The van der Waals surface area contributed by atoms with Crippen molar-refractivity contribution in [2.24, 2.45) is 5.73 Å². The van der Waals surface area contributed by atoms with E-state index in [0.29, 0.717) is 17.8 Å². The summed E-state index contributed by atoms with van der Waals surface area (Å²) >= 11 is 0. The van der Waals surface area contributed by atoms with Crippen LogP contribution in [0, 0.1) is 0 Å². The van der Waals surface area contributed by atoms with Crippen molar-refractivity contribution in [3.63, 3.8) is 0 Å². The van der Waals surface area contributed by atoms with Crippen molar-refractivity contribution >= 4 is 0 Å². The number of hydrogen-bond donors (Lipinski definition) is 2. The van der Waals surface area contributed by atoms with E-state index in [2.05, 4.69) is 11.8 Å². The summed E-state index contributed by atoms with van der Waals surface area (Å²) in [6, 6.07) is 6.24. The fourth-order valence-electron chi connectivity index (χ4n) is 2.47. The van der Waals surface area contributed by atoms with Gasteiger partial charge >= 0.3 is 0 Å². The Morgan fingerprint density at radius 2 is 2.06 bits per heavy atom. The first-order valence-electron chi connectivity index (χ1n) is 6.48. The largest absolute Gasteiger partial charge is 0.504 e. The van der Waals surface area contributed by atoms with Crippen LogP contribution in [0.1, 0.15) is 31.4 Å². The maximum Gasteiger partial charge on any atom is 0.160 e. The van der Waals surface area contributed by atoms with E-state index in [1.165, 1.54) is 5.56 Å². The fraction of sp³-hybridized carbons (Fsp3) is 0.571. The maximum absolute atomic E-state index is 9.61. The summed E-state index contributed by atoms with van der Waals surface area (Å²) in [6.45, 7) is 4.25. The van der Waals surface area contributed by atoms with Gasteiger partial charge in [0.05, 0.1) is 7.11 Å². The van der Waals surface area contributed by atoms with E-state index in [4.69, 9.17) is 10.5 Å². The Labute approximate surface area is 108 Å². The van der Waals surface area contributed by atoms with Crippen molar-refractivity contribution in [2.45, 2.75) is 31.8 Å². The SMILES string of the molecule is COc1cc(C(C)N2CCC(N)CC2)ccc1O. The molecule has 0 saturated carbocycles. The average Bonchev–Trinajstić information content (AvgIpc) is 2.39. The number of piperidine rings is 1. The van der Waals surface area contributed by atoms with Crippen molar-refractivity contribution in [2.75, 3.05) is 20.2 Å². The fourth-order valence-corrected chi connectivity index (χ4v) is 2.47. The second-order valence-electron chi connectivity index (χ2n) is 4.98. The Morgan fingerprint density at radius 3 is 2.67 bits per heavy atom. The number of phenols is 1. The van der Waals surface area contributed by atoms with Crippen molar-refractivity contribution in [1.29, 1.82) is 0 Å². The molecule has 18 heavy (non-hydrogen) atoms. The zero-order valence-electron chi connectivity index (χ0n) is 11.1. The molecule has 0 aromatic heterocycles. The van der Waals surface area contributed by atoms with Crippen molar-refractivity contribution in [1.82, 2.24) is 4.90 Å². The minimum absolute atomic E-state index is 0.189. The van der Waals surface area contributed by atoms with E-state index in [1.807, 2.05) is 12.1 Å². The van der Waals surface area contributed by atoms with Gasteiger partial charge in [-0.05, 0) is 37.5 Å². The molecule has 1 saturated heterocycles. The molecule has 1 aliphatic heterocycles. The lowest BCUT2D eigenvalue weighted by molar-refractivity contribution is 0.163. The Bertz CT molecular complexity index is 401. The molecule has 1 aromatic carbocycles. The number of nitrogens with two attached hydrogens (primary N) is 1. The third-order valence-electron chi connectivity index (χ3n) is 3.81. The molecule has 1 aliphatic rings. The lowest BCUT2D eigenvalue weighted by Crippen LogP contribution is -2.40. The van der Waals surface area contributed by atoms with E-state index in [9.17, 15) is 5.11 Å². The second kappa shape index (κ2) is 5.59. The number of benzene rings is 1. The van der Waals surface area contributed by atoms with Crippen LogP contribution in [0.2, 0.25) is 0 Å². The van der Waals surface area contributed by atoms with Crippen LogP contribution >= 0.6 is 0 Å². The van der Waals surface area contributed by atoms with Gasteiger partial charge in [0.2, 0.25) is 0 Å². The molecule has 0 spiro atoms. The summed E-state index contributed by atoms with van der Waals surface area (Å²) < 4.78 is 5.15. The average molecular weight is 250 g/mol. The number of rotatable bonds is 3. The van der Waals surface area contributed by atoms with Gasteiger partial charge in [0.25, 0.3) is 0 Å². The predicted molar refractivity (Wildman–Crippen MR) is 71.9 cm³/mol. The third kappa shape index (κ3) is 2.76. The summed E-state index contributed by atoms with van der Waals surface area (Å²) in [4.78, 5) is 2.43. The number of phenolic OH excluding ortho intramolecular Hbond substituents is 1. The van der Waals surface area contributed by atoms with Gasteiger partial charge in [-0.1, -0.05) is 6.07 Å². The van der Waals surface area contributed by atoms with E-state index in [0.717, 1.165) is 25.9 Å². The van der Waals surface area contributed by atoms with Gasteiger partial charge in [0, 0.05) is 25.2 Å². The molecule has 4 nitrogen and oxygen atoms in total. The van der Waals surface area contributed by atoms with Crippen LogP contribution in [0.25, 0.3) is 0 Å². The summed E-state index contributed by atoms with van der Waals surface area (Å²) in [5, 5.41) is 9.61. The van der Waals surface area contributed by atoms with Gasteiger partial charge in [-0.3, -0.25) is 4.90 Å². The molecule has 1 heterocycles. The Morgan fingerprint density at radius 1 is 1.39 bits per heavy atom. The summed E-state index contributed by atoms with van der Waals surface area (Å²) in [5.41, 5.74) is 7.09. The normalized spacial score (nSPS) is 19.7. The summed E-state index contributed by atoms with van der Waals surface area (Å²) in [5.74, 6) is 0.724. The zero-order valence-corrected chi connectivity index (χ0v) is 11.1. The zero-order chi connectivity index (χ0) is 13.1. The molecule has 1 aromatic rings. The van der Waals surface area contributed by atoms with Crippen molar-refractivity contribution < 1.29 is 9.84 Å². The number of aromatic hydroxyl groups is 1. The molecule has 100 valence electrons. The molecule has 4 heteroatoms. The predicted octanol–water partition coefficient (Wildman–Crippen LogP) is 1.88. The highest BCUT2D eigenvalue weighted by Crippen LogP contribution is 2.31. The van der Waals surface area contributed by atoms with E-state index in [-0.39, 0.29) is 5.75 Å². The van der Waals surface area contributed by atoms with E-state index < -0.39 is 0 Å². The monoisotopic (exact) mass is 250 g/mol.